The van der Waals surface area contributed by atoms with Gasteiger partial charge < -0.3 is 14.5 Å². The SMILES string of the molecule is COc1ccc(OCc2nnc(SCc3nc4ccccc4c(=O)[nH]3)n2-c2ccccc2)cc1. The second-order valence-electron chi connectivity index (χ2n) is 7.35. The van der Waals surface area contributed by atoms with Crippen LogP contribution in [0, 0.1) is 0 Å². The molecule has 0 aliphatic rings. The summed E-state index contributed by atoms with van der Waals surface area (Å²) in [6.07, 6.45) is 0. The Bertz CT molecular complexity index is 1470. The summed E-state index contributed by atoms with van der Waals surface area (Å²) in [4.78, 5) is 19.8. The van der Waals surface area contributed by atoms with Gasteiger partial charge in [-0.15, -0.1) is 10.2 Å². The van der Waals surface area contributed by atoms with Crippen LogP contribution in [-0.4, -0.2) is 31.8 Å². The van der Waals surface area contributed by atoms with Gasteiger partial charge in [0.2, 0.25) is 0 Å². The lowest BCUT2D eigenvalue weighted by Gasteiger charge is -2.11. The van der Waals surface area contributed by atoms with Crippen LogP contribution < -0.4 is 15.0 Å². The maximum absolute atomic E-state index is 12.4. The zero-order valence-electron chi connectivity index (χ0n) is 18.3. The van der Waals surface area contributed by atoms with Gasteiger partial charge in [0.1, 0.15) is 23.9 Å². The maximum Gasteiger partial charge on any atom is 0.258 e. The van der Waals surface area contributed by atoms with Crippen LogP contribution in [0.4, 0.5) is 0 Å². The number of hydrogen-bond donors (Lipinski definition) is 1. The van der Waals surface area contributed by atoms with Crippen molar-refractivity contribution in [2.24, 2.45) is 0 Å². The van der Waals surface area contributed by atoms with Gasteiger partial charge >= 0.3 is 0 Å². The van der Waals surface area contributed by atoms with Gasteiger partial charge in [0.05, 0.1) is 23.8 Å². The van der Waals surface area contributed by atoms with E-state index in [9.17, 15) is 4.79 Å². The average molecular weight is 472 g/mol. The van der Waals surface area contributed by atoms with Gasteiger partial charge in [-0.1, -0.05) is 42.1 Å². The molecular formula is C25H21N5O3S. The number of fused-ring (bicyclic) bond motifs is 1. The van der Waals surface area contributed by atoms with E-state index in [1.54, 1.807) is 13.2 Å². The maximum atomic E-state index is 12.4. The van der Waals surface area contributed by atoms with E-state index >= 15 is 0 Å². The van der Waals surface area contributed by atoms with Crippen molar-refractivity contribution in [1.82, 2.24) is 24.7 Å². The van der Waals surface area contributed by atoms with Gasteiger partial charge in [-0.25, -0.2) is 4.98 Å². The number of aromatic amines is 1. The Labute approximate surface area is 199 Å². The van der Waals surface area contributed by atoms with Crippen LogP contribution in [0.25, 0.3) is 16.6 Å². The van der Waals surface area contributed by atoms with Crippen LogP contribution in [0.15, 0.2) is 88.8 Å². The molecular weight excluding hydrogens is 450 g/mol. The molecule has 0 unspecified atom stereocenters. The zero-order chi connectivity index (χ0) is 23.3. The van der Waals surface area contributed by atoms with Crippen LogP contribution in [0.2, 0.25) is 0 Å². The number of nitrogens with zero attached hydrogens (tertiary/aromatic N) is 4. The second kappa shape index (κ2) is 9.80. The first kappa shape index (κ1) is 21.7. The zero-order valence-corrected chi connectivity index (χ0v) is 19.2. The van der Waals surface area contributed by atoms with Gasteiger partial charge in [0.15, 0.2) is 11.0 Å². The van der Waals surface area contributed by atoms with Crippen LogP contribution in [0.3, 0.4) is 0 Å². The lowest BCUT2D eigenvalue weighted by atomic mass is 10.2. The first-order valence-electron chi connectivity index (χ1n) is 10.6. The summed E-state index contributed by atoms with van der Waals surface area (Å²) in [6, 6.07) is 24.5. The Morgan fingerprint density at radius 2 is 1.65 bits per heavy atom. The van der Waals surface area contributed by atoms with Crippen LogP contribution in [0.5, 0.6) is 11.5 Å². The van der Waals surface area contributed by atoms with Crippen molar-refractivity contribution < 1.29 is 9.47 Å². The molecule has 34 heavy (non-hydrogen) atoms. The predicted octanol–water partition coefficient (Wildman–Crippen LogP) is 4.38. The summed E-state index contributed by atoms with van der Waals surface area (Å²) >= 11 is 1.44. The van der Waals surface area contributed by atoms with Crippen molar-refractivity contribution >= 4 is 22.7 Å². The van der Waals surface area contributed by atoms with Crippen molar-refractivity contribution in [3.8, 4) is 17.2 Å². The Kier molecular flexibility index (Phi) is 6.26. The number of H-pyrrole nitrogens is 1. The highest BCUT2D eigenvalue weighted by atomic mass is 32.2. The summed E-state index contributed by atoms with van der Waals surface area (Å²) in [6.45, 7) is 0.236. The van der Waals surface area contributed by atoms with Crippen LogP contribution >= 0.6 is 11.8 Å². The number of rotatable bonds is 8. The summed E-state index contributed by atoms with van der Waals surface area (Å²) in [5, 5.41) is 10.0. The summed E-state index contributed by atoms with van der Waals surface area (Å²) < 4.78 is 13.1. The standard InChI is InChI=1S/C25H21N5O3S/c1-32-18-11-13-19(14-12-18)33-15-23-28-29-25(30(23)17-7-3-2-4-8-17)34-16-22-26-21-10-6-5-9-20(21)24(31)27-22/h2-14H,15-16H2,1H3,(H,26,27,31). The van der Waals surface area contributed by atoms with Gasteiger partial charge in [-0.2, -0.15) is 0 Å². The fourth-order valence-electron chi connectivity index (χ4n) is 3.48. The van der Waals surface area contributed by atoms with E-state index in [0.717, 1.165) is 11.4 Å². The van der Waals surface area contributed by atoms with Crippen molar-refractivity contribution in [3.63, 3.8) is 0 Å². The van der Waals surface area contributed by atoms with Crippen molar-refractivity contribution in [2.75, 3.05) is 7.11 Å². The Morgan fingerprint density at radius 3 is 2.44 bits per heavy atom. The fourth-order valence-corrected chi connectivity index (χ4v) is 4.32. The van der Waals surface area contributed by atoms with Gasteiger partial charge in [-0.05, 0) is 48.5 Å². The van der Waals surface area contributed by atoms with Crippen molar-refractivity contribution in [1.29, 1.82) is 0 Å². The monoisotopic (exact) mass is 471 g/mol. The summed E-state index contributed by atoms with van der Waals surface area (Å²) in [5.74, 6) is 3.14. The Morgan fingerprint density at radius 1 is 0.912 bits per heavy atom. The first-order chi connectivity index (χ1) is 16.7. The van der Waals surface area contributed by atoms with Crippen LogP contribution in [-0.2, 0) is 12.4 Å². The van der Waals surface area contributed by atoms with Gasteiger partial charge in [0.25, 0.3) is 5.56 Å². The van der Waals surface area contributed by atoms with E-state index in [1.807, 2.05) is 77.4 Å². The smallest absolute Gasteiger partial charge is 0.258 e. The quantitative estimate of drug-likeness (QED) is 0.336. The average Bonchev–Trinajstić information content (AvgIpc) is 3.30. The molecule has 0 fully saturated rings. The molecule has 5 rings (SSSR count). The number of methoxy groups -OCH3 is 1. The second-order valence-corrected chi connectivity index (χ2v) is 8.29. The van der Waals surface area contributed by atoms with E-state index in [-0.39, 0.29) is 12.2 Å². The summed E-state index contributed by atoms with van der Waals surface area (Å²) in [7, 11) is 1.63. The number of nitrogens with one attached hydrogen (secondary N) is 1. The number of thioether (sulfide) groups is 1. The topological polar surface area (TPSA) is 94.9 Å². The molecule has 3 aromatic carbocycles. The third-order valence-electron chi connectivity index (χ3n) is 5.14. The normalized spacial score (nSPS) is 11.0. The van der Waals surface area contributed by atoms with E-state index in [0.29, 0.717) is 39.2 Å². The number of hydrogen-bond acceptors (Lipinski definition) is 7. The highest BCUT2D eigenvalue weighted by molar-refractivity contribution is 7.98. The molecule has 0 radical (unpaired) electrons. The molecule has 1 N–H and O–H groups in total. The molecule has 2 heterocycles. The van der Waals surface area contributed by atoms with E-state index < -0.39 is 0 Å². The Balaban J connectivity index is 1.39. The minimum absolute atomic E-state index is 0.153. The van der Waals surface area contributed by atoms with E-state index in [2.05, 4.69) is 20.2 Å². The highest BCUT2D eigenvalue weighted by Crippen LogP contribution is 2.25. The molecule has 5 aromatic rings. The molecule has 0 amide bonds. The number of benzene rings is 3. The predicted molar refractivity (Wildman–Crippen MR) is 131 cm³/mol. The largest absolute Gasteiger partial charge is 0.497 e. The molecule has 9 heteroatoms. The Hall–Kier alpha value is -4.11. The highest BCUT2D eigenvalue weighted by Gasteiger charge is 2.16. The number of aromatic nitrogens is 5. The lowest BCUT2D eigenvalue weighted by molar-refractivity contribution is 0.292. The minimum atomic E-state index is -0.153. The lowest BCUT2D eigenvalue weighted by Crippen LogP contribution is -2.11. The minimum Gasteiger partial charge on any atom is -0.497 e. The molecule has 0 bridgehead atoms. The number of ether oxygens (including phenoxy) is 2. The molecule has 0 spiro atoms. The summed E-state index contributed by atoms with van der Waals surface area (Å²) in [5.41, 5.74) is 1.43. The fraction of sp³-hybridized carbons (Fsp3) is 0.120. The molecule has 8 nitrogen and oxygen atoms in total. The van der Waals surface area contributed by atoms with Gasteiger partial charge in [-0.3, -0.25) is 9.36 Å². The van der Waals surface area contributed by atoms with Crippen LogP contribution in [0.1, 0.15) is 11.6 Å². The first-order valence-corrected chi connectivity index (χ1v) is 11.6. The molecule has 0 saturated carbocycles. The molecule has 0 aliphatic heterocycles. The third kappa shape index (κ3) is 4.65. The molecule has 0 aliphatic carbocycles. The molecule has 0 saturated heterocycles. The van der Waals surface area contributed by atoms with Gasteiger partial charge in [0, 0.05) is 5.69 Å². The van der Waals surface area contributed by atoms with E-state index in [1.165, 1.54) is 11.8 Å². The van der Waals surface area contributed by atoms with Crippen molar-refractivity contribution in [2.45, 2.75) is 17.5 Å². The third-order valence-corrected chi connectivity index (χ3v) is 6.08. The molecule has 170 valence electrons. The number of para-hydroxylation sites is 2. The molecule has 2 aromatic heterocycles. The molecule has 0 atom stereocenters. The van der Waals surface area contributed by atoms with E-state index in [4.69, 9.17) is 9.47 Å². The van der Waals surface area contributed by atoms with Crippen molar-refractivity contribution in [3.05, 3.63) is 101 Å².